The zero-order valence-corrected chi connectivity index (χ0v) is 21.6. The molecule has 0 spiro atoms. The SMILES string of the molecule is CC/C=C(Cl)\C=C/Cc1ccnc(Nc2ccc(C(=O)N3CCN(C(=O)c4ccccc4)CC3)cc2)n1. The molecule has 0 radical (unpaired) electrons. The molecule has 190 valence electrons. The number of nitrogens with zero attached hydrogens (tertiary/aromatic N) is 4. The molecule has 7 nitrogen and oxygen atoms in total. The molecule has 8 heteroatoms. The summed E-state index contributed by atoms with van der Waals surface area (Å²) in [6.07, 6.45) is 9.04. The highest BCUT2D eigenvalue weighted by Crippen LogP contribution is 2.17. The summed E-state index contributed by atoms with van der Waals surface area (Å²) in [5, 5.41) is 3.91. The molecule has 0 unspecified atom stereocenters. The van der Waals surface area contributed by atoms with Crippen molar-refractivity contribution in [3.63, 3.8) is 0 Å². The summed E-state index contributed by atoms with van der Waals surface area (Å²) in [4.78, 5) is 38.1. The number of nitrogens with one attached hydrogen (secondary N) is 1. The third-order valence-corrected chi connectivity index (χ3v) is 6.26. The smallest absolute Gasteiger partial charge is 0.253 e. The number of hydrogen-bond donors (Lipinski definition) is 1. The number of carbonyl (C=O) groups is 2. The number of rotatable bonds is 8. The topological polar surface area (TPSA) is 78.4 Å². The number of piperazine rings is 1. The van der Waals surface area contributed by atoms with Crippen LogP contribution >= 0.6 is 11.6 Å². The number of halogens is 1. The minimum atomic E-state index is -0.0424. The van der Waals surface area contributed by atoms with Gasteiger partial charge in [-0.25, -0.2) is 9.97 Å². The van der Waals surface area contributed by atoms with Gasteiger partial charge in [-0.05, 0) is 55.0 Å². The van der Waals surface area contributed by atoms with Gasteiger partial charge in [0.25, 0.3) is 11.8 Å². The predicted octanol–water partition coefficient (Wildman–Crippen LogP) is 5.45. The molecule has 3 aromatic rings. The molecule has 1 N–H and O–H groups in total. The van der Waals surface area contributed by atoms with Crippen molar-refractivity contribution in [2.45, 2.75) is 19.8 Å². The van der Waals surface area contributed by atoms with Gasteiger partial charge in [0.15, 0.2) is 0 Å². The fourth-order valence-electron chi connectivity index (χ4n) is 4.01. The highest BCUT2D eigenvalue weighted by molar-refractivity contribution is 6.31. The van der Waals surface area contributed by atoms with E-state index in [1.807, 2.05) is 73.7 Å². The highest BCUT2D eigenvalue weighted by atomic mass is 35.5. The van der Waals surface area contributed by atoms with Gasteiger partial charge in [-0.3, -0.25) is 9.59 Å². The van der Waals surface area contributed by atoms with Crippen LogP contribution in [0.4, 0.5) is 11.6 Å². The molecule has 1 aliphatic rings. The molecule has 2 amide bonds. The van der Waals surface area contributed by atoms with E-state index in [9.17, 15) is 9.59 Å². The maximum absolute atomic E-state index is 13.0. The monoisotopic (exact) mass is 515 g/mol. The summed E-state index contributed by atoms with van der Waals surface area (Å²) in [5.41, 5.74) is 2.93. The van der Waals surface area contributed by atoms with Crippen LogP contribution in [0.25, 0.3) is 0 Å². The maximum atomic E-state index is 13.0. The first-order valence-electron chi connectivity index (χ1n) is 12.4. The van der Waals surface area contributed by atoms with Gasteiger partial charge < -0.3 is 15.1 Å². The van der Waals surface area contributed by atoms with Gasteiger partial charge in [0.05, 0.1) is 0 Å². The van der Waals surface area contributed by atoms with Crippen LogP contribution in [0.15, 0.2) is 90.1 Å². The van der Waals surface area contributed by atoms with Gasteiger partial charge in [0.2, 0.25) is 5.95 Å². The van der Waals surface area contributed by atoms with Crippen LogP contribution < -0.4 is 5.32 Å². The summed E-state index contributed by atoms with van der Waals surface area (Å²) >= 11 is 6.10. The van der Waals surface area contributed by atoms with Crippen molar-refractivity contribution < 1.29 is 9.59 Å². The van der Waals surface area contributed by atoms with Crippen LogP contribution in [0.3, 0.4) is 0 Å². The van der Waals surface area contributed by atoms with E-state index in [1.54, 1.807) is 28.1 Å². The Morgan fingerprint density at radius 2 is 1.54 bits per heavy atom. The zero-order valence-electron chi connectivity index (χ0n) is 20.8. The fraction of sp³-hybridized carbons (Fsp3) is 0.241. The van der Waals surface area contributed by atoms with Crippen LogP contribution in [0.1, 0.15) is 39.8 Å². The third-order valence-electron chi connectivity index (χ3n) is 5.98. The van der Waals surface area contributed by atoms with E-state index < -0.39 is 0 Å². The number of allylic oxidation sites excluding steroid dienone is 4. The highest BCUT2D eigenvalue weighted by Gasteiger charge is 2.25. The van der Waals surface area contributed by atoms with E-state index >= 15 is 0 Å². The van der Waals surface area contributed by atoms with Gasteiger partial charge >= 0.3 is 0 Å². The average molecular weight is 516 g/mol. The van der Waals surface area contributed by atoms with Crippen LogP contribution in [-0.2, 0) is 6.42 Å². The molecule has 1 fully saturated rings. The molecule has 1 aliphatic heterocycles. The Morgan fingerprint density at radius 1 is 0.919 bits per heavy atom. The van der Waals surface area contributed by atoms with E-state index in [0.29, 0.717) is 54.7 Å². The first kappa shape index (κ1) is 26.1. The molecule has 0 saturated carbocycles. The molecule has 1 aromatic heterocycles. The Morgan fingerprint density at radius 3 is 2.16 bits per heavy atom. The molecule has 4 rings (SSSR count). The average Bonchev–Trinajstić information content (AvgIpc) is 2.94. The quantitative estimate of drug-likeness (QED) is 0.404. The van der Waals surface area contributed by atoms with Crippen LogP contribution in [0.5, 0.6) is 0 Å². The van der Waals surface area contributed by atoms with Gasteiger partial charge in [0, 0.05) is 66.3 Å². The molecule has 0 aliphatic carbocycles. The lowest BCUT2D eigenvalue weighted by Gasteiger charge is -2.35. The molecule has 0 bridgehead atoms. The largest absolute Gasteiger partial charge is 0.335 e. The first-order valence-corrected chi connectivity index (χ1v) is 12.8. The van der Waals surface area contributed by atoms with Crippen LogP contribution in [0.2, 0.25) is 0 Å². The van der Waals surface area contributed by atoms with Crippen molar-refractivity contribution in [3.8, 4) is 0 Å². The molecular formula is C29H30ClN5O2. The molecular weight excluding hydrogens is 486 g/mol. The van der Waals surface area contributed by atoms with E-state index in [1.165, 1.54) is 0 Å². The van der Waals surface area contributed by atoms with E-state index in [2.05, 4.69) is 15.3 Å². The first-order chi connectivity index (χ1) is 18.0. The normalized spacial score (nSPS) is 14.2. The summed E-state index contributed by atoms with van der Waals surface area (Å²) in [6.45, 7) is 4.09. The number of benzene rings is 2. The van der Waals surface area contributed by atoms with Gasteiger partial charge in [0.1, 0.15) is 0 Å². The molecule has 37 heavy (non-hydrogen) atoms. The molecule has 2 heterocycles. The Balaban J connectivity index is 1.30. The second-order valence-electron chi connectivity index (χ2n) is 8.63. The number of hydrogen-bond acceptors (Lipinski definition) is 5. The minimum Gasteiger partial charge on any atom is -0.335 e. The molecule has 2 aromatic carbocycles. The lowest BCUT2D eigenvalue weighted by atomic mass is 10.1. The van der Waals surface area contributed by atoms with Crippen LogP contribution in [0, 0.1) is 0 Å². The number of carbonyl (C=O) groups excluding carboxylic acids is 2. The van der Waals surface area contributed by atoms with Crippen LogP contribution in [-0.4, -0.2) is 57.8 Å². The van der Waals surface area contributed by atoms with Crippen molar-refractivity contribution in [2.24, 2.45) is 0 Å². The number of anilines is 2. The summed E-state index contributed by atoms with van der Waals surface area (Å²) in [7, 11) is 0. The Hall–Kier alpha value is -3.97. The molecule has 1 saturated heterocycles. The minimum absolute atomic E-state index is 0.00238. The van der Waals surface area contributed by atoms with Crippen molar-refractivity contribution >= 4 is 35.1 Å². The summed E-state index contributed by atoms with van der Waals surface area (Å²) in [5.74, 6) is 0.445. The Labute approximate surface area is 222 Å². The zero-order chi connectivity index (χ0) is 26.0. The maximum Gasteiger partial charge on any atom is 0.253 e. The van der Waals surface area contributed by atoms with E-state index in [4.69, 9.17) is 11.6 Å². The van der Waals surface area contributed by atoms with Crippen molar-refractivity contribution in [1.29, 1.82) is 0 Å². The van der Waals surface area contributed by atoms with E-state index in [0.717, 1.165) is 17.8 Å². The van der Waals surface area contributed by atoms with Gasteiger partial charge in [-0.15, -0.1) is 0 Å². The summed E-state index contributed by atoms with van der Waals surface area (Å²) < 4.78 is 0. The lowest BCUT2D eigenvalue weighted by Crippen LogP contribution is -2.50. The Bertz CT molecular complexity index is 1270. The lowest BCUT2D eigenvalue weighted by molar-refractivity contribution is 0.0535. The predicted molar refractivity (Wildman–Crippen MR) is 147 cm³/mol. The van der Waals surface area contributed by atoms with Gasteiger partial charge in [-0.2, -0.15) is 0 Å². The van der Waals surface area contributed by atoms with Crippen molar-refractivity contribution in [3.05, 3.63) is 107 Å². The second-order valence-corrected chi connectivity index (χ2v) is 9.06. The third kappa shape index (κ3) is 7.27. The number of aromatic nitrogens is 2. The summed E-state index contributed by atoms with van der Waals surface area (Å²) in [6, 6.07) is 18.4. The van der Waals surface area contributed by atoms with E-state index in [-0.39, 0.29) is 11.8 Å². The molecule has 0 atom stereocenters. The number of amides is 2. The second kappa shape index (κ2) is 12.8. The fourth-order valence-corrected chi connectivity index (χ4v) is 4.25. The van der Waals surface area contributed by atoms with Gasteiger partial charge in [-0.1, -0.05) is 48.9 Å². The van der Waals surface area contributed by atoms with Crippen molar-refractivity contribution in [1.82, 2.24) is 19.8 Å². The Kier molecular flexibility index (Phi) is 9.05. The standard InChI is InChI=1S/C29H30ClN5O2/c1-2-7-24(30)10-6-11-25-16-17-31-29(32-25)33-26-14-12-23(13-15-26)28(37)35-20-18-34(19-21-35)27(36)22-8-4-3-5-9-22/h3-10,12-17H,2,11,18-21H2,1H3,(H,31,32,33)/b10-6-,24-7+. The van der Waals surface area contributed by atoms with Crippen molar-refractivity contribution in [2.75, 3.05) is 31.5 Å².